The fraction of sp³-hybridized carbons (Fsp3) is 0.867. The van der Waals surface area contributed by atoms with Crippen LogP contribution < -0.4 is 5.32 Å². The first kappa shape index (κ1) is 11.9. The van der Waals surface area contributed by atoms with E-state index in [1.807, 2.05) is 0 Å². The molecule has 4 aliphatic rings. The summed E-state index contributed by atoms with van der Waals surface area (Å²) in [4.78, 5) is 0. The van der Waals surface area contributed by atoms with Crippen LogP contribution >= 0.6 is 0 Å². The summed E-state index contributed by atoms with van der Waals surface area (Å²) in [6.07, 6.45) is 4.71. The average Bonchev–Trinajstić information content (AvgIpc) is 2.50. The normalized spacial score (nSPS) is 37.4. The first-order valence-corrected chi connectivity index (χ1v) is 7.45. The number of hydrogen-bond acceptors (Lipinski definition) is 4. The Morgan fingerprint density at radius 3 is 2.42 bits per heavy atom. The highest BCUT2D eigenvalue weighted by molar-refractivity contribution is 5.31. The minimum atomic E-state index is 0.210. The second-order valence-corrected chi connectivity index (χ2v) is 8.27. The van der Waals surface area contributed by atoms with E-state index in [-0.39, 0.29) is 10.8 Å². The maximum absolute atomic E-state index is 5.94. The van der Waals surface area contributed by atoms with Gasteiger partial charge in [0.05, 0.1) is 5.41 Å². The standard InChI is InChI=1S/C15H23N3O/c1-13(2,3)4-11-17-18-12(19-11)15-7-14(8-15,9-15)10-5-16-6-10/h10,16H,4-9H2,1-3H3. The van der Waals surface area contributed by atoms with E-state index < -0.39 is 0 Å². The predicted molar refractivity (Wildman–Crippen MR) is 71.8 cm³/mol. The van der Waals surface area contributed by atoms with Crippen LogP contribution in [0.2, 0.25) is 0 Å². The monoisotopic (exact) mass is 261 g/mol. The van der Waals surface area contributed by atoms with Gasteiger partial charge in [-0.05, 0) is 49.1 Å². The van der Waals surface area contributed by atoms with Crippen molar-refractivity contribution >= 4 is 0 Å². The molecular formula is C15H23N3O. The molecule has 1 N–H and O–H groups in total. The van der Waals surface area contributed by atoms with E-state index in [1.54, 1.807) is 0 Å². The van der Waals surface area contributed by atoms with Gasteiger partial charge >= 0.3 is 0 Å². The molecular weight excluding hydrogens is 238 g/mol. The summed E-state index contributed by atoms with van der Waals surface area (Å²) >= 11 is 0. The van der Waals surface area contributed by atoms with Gasteiger partial charge < -0.3 is 9.73 Å². The van der Waals surface area contributed by atoms with Crippen LogP contribution in [0.15, 0.2) is 4.42 Å². The van der Waals surface area contributed by atoms with Crippen LogP contribution in [-0.2, 0) is 11.8 Å². The molecule has 0 aromatic carbocycles. The third-order valence-corrected chi connectivity index (χ3v) is 5.32. The minimum absolute atomic E-state index is 0.210. The van der Waals surface area contributed by atoms with E-state index in [1.165, 1.54) is 32.4 Å². The molecule has 0 radical (unpaired) electrons. The summed E-state index contributed by atoms with van der Waals surface area (Å²) < 4.78 is 5.94. The molecule has 0 atom stereocenters. The zero-order valence-corrected chi connectivity index (χ0v) is 12.1. The van der Waals surface area contributed by atoms with Crippen molar-refractivity contribution in [2.75, 3.05) is 13.1 Å². The number of aromatic nitrogens is 2. The molecule has 0 amide bonds. The van der Waals surface area contributed by atoms with Gasteiger partial charge in [-0.3, -0.25) is 0 Å². The Labute approximate surface area is 114 Å². The first-order valence-electron chi connectivity index (χ1n) is 7.45. The molecule has 3 saturated carbocycles. The van der Waals surface area contributed by atoms with E-state index >= 15 is 0 Å². The van der Waals surface area contributed by atoms with Gasteiger partial charge in [-0.25, -0.2) is 0 Å². The SMILES string of the molecule is CC(C)(C)Cc1nnc(C23CC(C4CNC4)(C2)C3)o1. The minimum Gasteiger partial charge on any atom is -0.425 e. The lowest BCUT2D eigenvalue weighted by atomic mass is 9.31. The van der Waals surface area contributed by atoms with Gasteiger partial charge in [0, 0.05) is 6.42 Å². The lowest BCUT2D eigenvalue weighted by Crippen LogP contribution is -2.72. The van der Waals surface area contributed by atoms with Gasteiger partial charge in [0.1, 0.15) is 0 Å². The van der Waals surface area contributed by atoms with Gasteiger partial charge in [0.25, 0.3) is 0 Å². The predicted octanol–water partition coefficient (Wildman–Crippen LogP) is 2.30. The fourth-order valence-electron chi connectivity index (χ4n) is 4.24. The summed E-state index contributed by atoms with van der Waals surface area (Å²) in [5, 5.41) is 12.0. The van der Waals surface area contributed by atoms with Crippen molar-refractivity contribution in [3.63, 3.8) is 0 Å². The van der Waals surface area contributed by atoms with Crippen LogP contribution in [-0.4, -0.2) is 23.3 Å². The van der Waals surface area contributed by atoms with Crippen LogP contribution in [0.25, 0.3) is 0 Å². The molecule has 4 heteroatoms. The zero-order valence-electron chi connectivity index (χ0n) is 12.1. The molecule has 1 saturated heterocycles. The van der Waals surface area contributed by atoms with Gasteiger partial charge in [-0.1, -0.05) is 20.8 Å². The molecule has 0 unspecified atom stereocenters. The van der Waals surface area contributed by atoms with Crippen LogP contribution in [0.5, 0.6) is 0 Å². The second-order valence-electron chi connectivity index (χ2n) is 8.27. The lowest BCUT2D eigenvalue weighted by Gasteiger charge is -2.73. The molecule has 0 spiro atoms. The molecule has 4 fully saturated rings. The van der Waals surface area contributed by atoms with Crippen LogP contribution in [0, 0.1) is 16.7 Å². The molecule has 1 aromatic heterocycles. The second kappa shape index (κ2) is 3.40. The molecule has 2 heterocycles. The molecule has 5 rings (SSSR count). The van der Waals surface area contributed by atoms with Crippen molar-refractivity contribution in [1.29, 1.82) is 0 Å². The van der Waals surface area contributed by atoms with E-state index in [2.05, 4.69) is 36.3 Å². The van der Waals surface area contributed by atoms with Crippen molar-refractivity contribution in [2.45, 2.75) is 51.9 Å². The highest BCUT2D eigenvalue weighted by Crippen LogP contribution is 2.76. The number of hydrogen-bond donors (Lipinski definition) is 1. The summed E-state index contributed by atoms with van der Waals surface area (Å²) in [6, 6.07) is 0. The topological polar surface area (TPSA) is 51.0 Å². The summed E-state index contributed by atoms with van der Waals surface area (Å²) in [7, 11) is 0. The van der Waals surface area contributed by atoms with Crippen molar-refractivity contribution in [1.82, 2.24) is 15.5 Å². The van der Waals surface area contributed by atoms with E-state index in [9.17, 15) is 0 Å². The third kappa shape index (κ3) is 1.62. The van der Waals surface area contributed by atoms with Crippen molar-refractivity contribution < 1.29 is 4.42 Å². The fourth-order valence-corrected chi connectivity index (χ4v) is 4.24. The highest BCUT2D eigenvalue weighted by atomic mass is 16.4. The van der Waals surface area contributed by atoms with Crippen LogP contribution in [0.1, 0.15) is 51.8 Å². The molecule has 4 nitrogen and oxygen atoms in total. The molecule has 1 aliphatic heterocycles. The summed E-state index contributed by atoms with van der Waals surface area (Å²) in [5.74, 6) is 2.64. The Balaban J connectivity index is 1.45. The van der Waals surface area contributed by atoms with Crippen molar-refractivity contribution in [2.24, 2.45) is 16.7 Å². The highest BCUT2D eigenvalue weighted by Gasteiger charge is 2.73. The Bertz CT molecular complexity index is 490. The van der Waals surface area contributed by atoms with Gasteiger partial charge in [-0.2, -0.15) is 0 Å². The Morgan fingerprint density at radius 1 is 1.21 bits per heavy atom. The number of nitrogens with one attached hydrogen (secondary N) is 1. The van der Waals surface area contributed by atoms with Crippen LogP contribution in [0.3, 0.4) is 0 Å². The molecule has 19 heavy (non-hydrogen) atoms. The number of rotatable bonds is 3. The van der Waals surface area contributed by atoms with E-state index in [4.69, 9.17) is 4.42 Å². The summed E-state index contributed by atoms with van der Waals surface area (Å²) in [5.41, 5.74) is 1.10. The van der Waals surface area contributed by atoms with Gasteiger partial charge in [0.2, 0.25) is 11.8 Å². The first-order chi connectivity index (χ1) is 8.91. The number of nitrogens with zero attached hydrogens (tertiary/aromatic N) is 2. The smallest absolute Gasteiger partial charge is 0.222 e. The third-order valence-electron chi connectivity index (χ3n) is 5.32. The van der Waals surface area contributed by atoms with Gasteiger partial charge in [-0.15, -0.1) is 10.2 Å². The molecule has 3 aliphatic carbocycles. The van der Waals surface area contributed by atoms with Crippen molar-refractivity contribution in [3.8, 4) is 0 Å². The van der Waals surface area contributed by atoms with Gasteiger partial charge in [0.15, 0.2) is 0 Å². The Hall–Kier alpha value is -0.900. The Kier molecular flexibility index (Phi) is 2.13. The van der Waals surface area contributed by atoms with E-state index in [0.29, 0.717) is 5.41 Å². The molecule has 104 valence electrons. The maximum atomic E-state index is 5.94. The van der Waals surface area contributed by atoms with Crippen molar-refractivity contribution in [3.05, 3.63) is 11.8 Å². The maximum Gasteiger partial charge on any atom is 0.222 e. The quantitative estimate of drug-likeness (QED) is 0.907. The molecule has 1 aromatic rings. The Morgan fingerprint density at radius 2 is 1.89 bits per heavy atom. The summed E-state index contributed by atoms with van der Waals surface area (Å²) in [6.45, 7) is 9.05. The lowest BCUT2D eigenvalue weighted by molar-refractivity contribution is -0.201. The molecule has 2 bridgehead atoms. The average molecular weight is 261 g/mol. The largest absolute Gasteiger partial charge is 0.425 e. The zero-order chi connectivity index (χ0) is 13.3. The van der Waals surface area contributed by atoms with Crippen LogP contribution in [0.4, 0.5) is 0 Å². The van der Waals surface area contributed by atoms with E-state index in [0.717, 1.165) is 24.1 Å².